The zero-order valence-electron chi connectivity index (χ0n) is 10.6. The summed E-state index contributed by atoms with van der Waals surface area (Å²) in [6.07, 6.45) is 1.09. The summed E-state index contributed by atoms with van der Waals surface area (Å²) >= 11 is 0. The number of nitrogens with one attached hydrogen (secondary N) is 1. The molecule has 0 bridgehead atoms. The molecule has 0 aromatic heterocycles. The molecule has 0 radical (unpaired) electrons. The van der Waals surface area contributed by atoms with E-state index in [-0.39, 0.29) is 10.5 Å². The van der Waals surface area contributed by atoms with Crippen LogP contribution < -0.4 is 5.32 Å². The van der Waals surface area contributed by atoms with Crippen LogP contribution in [-0.4, -0.2) is 32.0 Å². The van der Waals surface area contributed by atoms with Gasteiger partial charge in [0.25, 0.3) is 0 Å². The standard InChI is InChI=1S/C11H25NO2S/c1-9(2)6-7-12-8-11(5)15(13,14)10(3)4/h9-12H,6-8H2,1-5H3. The quantitative estimate of drug-likeness (QED) is 0.685. The molecule has 0 rings (SSSR count). The maximum Gasteiger partial charge on any atom is 0.156 e. The topological polar surface area (TPSA) is 46.2 Å². The van der Waals surface area contributed by atoms with Crippen LogP contribution in [0.15, 0.2) is 0 Å². The maximum atomic E-state index is 11.7. The molecule has 0 fully saturated rings. The first-order chi connectivity index (χ1) is 6.78. The summed E-state index contributed by atoms with van der Waals surface area (Å²) in [5.74, 6) is 0.662. The Morgan fingerprint density at radius 3 is 2.00 bits per heavy atom. The number of hydrogen-bond donors (Lipinski definition) is 1. The normalized spacial score (nSPS) is 14.9. The Morgan fingerprint density at radius 1 is 1.07 bits per heavy atom. The van der Waals surface area contributed by atoms with Gasteiger partial charge in [0.2, 0.25) is 0 Å². The molecular weight excluding hydrogens is 210 g/mol. The molecule has 15 heavy (non-hydrogen) atoms. The van der Waals surface area contributed by atoms with Crippen molar-refractivity contribution in [2.45, 2.75) is 51.5 Å². The fourth-order valence-corrected chi connectivity index (χ4v) is 2.56. The van der Waals surface area contributed by atoms with Crippen molar-refractivity contribution >= 4 is 9.84 Å². The van der Waals surface area contributed by atoms with Gasteiger partial charge in [-0.2, -0.15) is 0 Å². The molecule has 3 nitrogen and oxygen atoms in total. The second-order valence-electron chi connectivity index (χ2n) is 4.84. The van der Waals surface area contributed by atoms with E-state index in [1.54, 1.807) is 20.8 Å². The Bertz CT molecular complexity index is 258. The summed E-state index contributed by atoms with van der Waals surface area (Å²) in [5.41, 5.74) is 0. The fraction of sp³-hybridized carbons (Fsp3) is 1.00. The van der Waals surface area contributed by atoms with E-state index in [0.29, 0.717) is 12.5 Å². The monoisotopic (exact) mass is 235 g/mol. The summed E-state index contributed by atoms with van der Waals surface area (Å²) < 4.78 is 23.4. The average molecular weight is 235 g/mol. The molecule has 1 atom stereocenters. The molecule has 0 spiro atoms. The van der Waals surface area contributed by atoms with Crippen molar-refractivity contribution in [3.63, 3.8) is 0 Å². The van der Waals surface area contributed by atoms with Gasteiger partial charge in [-0.25, -0.2) is 8.42 Å². The van der Waals surface area contributed by atoms with Crippen molar-refractivity contribution < 1.29 is 8.42 Å². The third-order valence-electron chi connectivity index (χ3n) is 2.55. The summed E-state index contributed by atoms with van der Waals surface area (Å²) in [5, 5.41) is 2.63. The Morgan fingerprint density at radius 2 is 1.60 bits per heavy atom. The van der Waals surface area contributed by atoms with Gasteiger partial charge in [-0.15, -0.1) is 0 Å². The molecule has 4 heteroatoms. The van der Waals surface area contributed by atoms with Gasteiger partial charge in [0, 0.05) is 6.54 Å². The first-order valence-corrected chi connectivity index (χ1v) is 7.32. The first kappa shape index (κ1) is 14.9. The molecular formula is C11H25NO2S. The van der Waals surface area contributed by atoms with Crippen LogP contribution in [0.25, 0.3) is 0 Å². The second kappa shape index (κ2) is 6.48. The van der Waals surface area contributed by atoms with Gasteiger partial charge in [-0.05, 0) is 39.7 Å². The van der Waals surface area contributed by atoms with Crippen molar-refractivity contribution in [1.82, 2.24) is 5.32 Å². The molecule has 0 aliphatic rings. The molecule has 0 aliphatic carbocycles. The predicted molar refractivity (Wildman–Crippen MR) is 65.8 cm³/mol. The lowest BCUT2D eigenvalue weighted by Crippen LogP contribution is -2.35. The lowest BCUT2D eigenvalue weighted by atomic mass is 10.1. The van der Waals surface area contributed by atoms with Gasteiger partial charge >= 0.3 is 0 Å². The third-order valence-corrected chi connectivity index (χ3v) is 5.15. The highest BCUT2D eigenvalue weighted by molar-refractivity contribution is 7.92. The third kappa shape index (κ3) is 5.52. The van der Waals surface area contributed by atoms with E-state index in [1.165, 1.54) is 0 Å². The SMILES string of the molecule is CC(C)CCNCC(C)S(=O)(=O)C(C)C. The highest BCUT2D eigenvalue weighted by atomic mass is 32.2. The van der Waals surface area contributed by atoms with Crippen LogP contribution in [0.3, 0.4) is 0 Å². The van der Waals surface area contributed by atoms with Gasteiger partial charge < -0.3 is 5.32 Å². The van der Waals surface area contributed by atoms with Crippen molar-refractivity contribution in [2.75, 3.05) is 13.1 Å². The summed E-state index contributed by atoms with van der Waals surface area (Å²) in [4.78, 5) is 0. The van der Waals surface area contributed by atoms with E-state index in [4.69, 9.17) is 0 Å². The Labute approximate surface area is 94.6 Å². The van der Waals surface area contributed by atoms with E-state index in [1.807, 2.05) is 0 Å². The molecule has 0 amide bonds. The Kier molecular flexibility index (Phi) is 6.44. The molecule has 0 saturated carbocycles. The molecule has 0 aromatic rings. The van der Waals surface area contributed by atoms with Crippen molar-refractivity contribution in [2.24, 2.45) is 5.92 Å². The van der Waals surface area contributed by atoms with Crippen LogP contribution in [0.2, 0.25) is 0 Å². The van der Waals surface area contributed by atoms with E-state index in [2.05, 4.69) is 19.2 Å². The number of rotatable bonds is 7. The van der Waals surface area contributed by atoms with Gasteiger partial charge in [0.05, 0.1) is 10.5 Å². The zero-order chi connectivity index (χ0) is 12.1. The molecule has 0 aliphatic heterocycles. The van der Waals surface area contributed by atoms with Crippen LogP contribution >= 0.6 is 0 Å². The minimum atomic E-state index is -2.94. The van der Waals surface area contributed by atoms with Crippen molar-refractivity contribution in [3.8, 4) is 0 Å². The highest BCUT2D eigenvalue weighted by Crippen LogP contribution is 2.08. The van der Waals surface area contributed by atoms with Gasteiger partial charge in [0.15, 0.2) is 9.84 Å². The van der Waals surface area contributed by atoms with Crippen molar-refractivity contribution in [1.29, 1.82) is 0 Å². The summed E-state index contributed by atoms with van der Waals surface area (Å²) in [6, 6.07) is 0. The van der Waals surface area contributed by atoms with E-state index in [0.717, 1.165) is 13.0 Å². The highest BCUT2D eigenvalue weighted by Gasteiger charge is 2.23. The van der Waals surface area contributed by atoms with E-state index < -0.39 is 9.84 Å². The average Bonchev–Trinajstić information content (AvgIpc) is 2.11. The second-order valence-corrected chi connectivity index (χ2v) is 7.76. The Balaban J connectivity index is 3.90. The lowest BCUT2D eigenvalue weighted by Gasteiger charge is -2.16. The fourth-order valence-electron chi connectivity index (χ4n) is 1.28. The molecule has 0 saturated heterocycles. The van der Waals surface area contributed by atoms with Gasteiger partial charge in [-0.1, -0.05) is 13.8 Å². The van der Waals surface area contributed by atoms with Crippen LogP contribution in [0.1, 0.15) is 41.0 Å². The van der Waals surface area contributed by atoms with Gasteiger partial charge in [-0.3, -0.25) is 0 Å². The van der Waals surface area contributed by atoms with Crippen LogP contribution in [-0.2, 0) is 9.84 Å². The van der Waals surface area contributed by atoms with E-state index >= 15 is 0 Å². The molecule has 1 N–H and O–H groups in total. The predicted octanol–water partition coefficient (Wildman–Crippen LogP) is 1.83. The zero-order valence-corrected chi connectivity index (χ0v) is 11.4. The molecule has 0 aromatic carbocycles. The minimum Gasteiger partial charge on any atom is -0.315 e. The lowest BCUT2D eigenvalue weighted by molar-refractivity contribution is 0.526. The number of hydrogen-bond acceptors (Lipinski definition) is 3. The summed E-state index contributed by atoms with van der Waals surface area (Å²) in [7, 11) is -2.94. The molecule has 0 heterocycles. The first-order valence-electron chi connectivity index (χ1n) is 5.72. The summed E-state index contributed by atoms with van der Waals surface area (Å²) in [6.45, 7) is 11.0. The van der Waals surface area contributed by atoms with Crippen LogP contribution in [0.5, 0.6) is 0 Å². The largest absolute Gasteiger partial charge is 0.315 e. The smallest absolute Gasteiger partial charge is 0.156 e. The molecule has 1 unspecified atom stereocenters. The number of sulfone groups is 1. The minimum absolute atomic E-state index is 0.278. The van der Waals surface area contributed by atoms with Crippen LogP contribution in [0, 0.1) is 5.92 Å². The van der Waals surface area contributed by atoms with Crippen molar-refractivity contribution in [3.05, 3.63) is 0 Å². The Hall–Kier alpha value is -0.0900. The maximum absolute atomic E-state index is 11.7. The van der Waals surface area contributed by atoms with E-state index in [9.17, 15) is 8.42 Å². The van der Waals surface area contributed by atoms with Crippen LogP contribution in [0.4, 0.5) is 0 Å². The molecule has 92 valence electrons. The van der Waals surface area contributed by atoms with Gasteiger partial charge in [0.1, 0.15) is 0 Å².